The standard InChI is InChI=1S/C14H26N2O3/c1-4-14(2)10-16(7-8-19-14)13(17)15-12(9-18-3)11-5-6-11/h11-12H,4-10H2,1-3H3,(H,15,17)/t12-,14+/m0/s1. The van der Waals surface area contributed by atoms with E-state index in [9.17, 15) is 4.79 Å². The Labute approximate surface area is 115 Å². The van der Waals surface area contributed by atoms with Crippen LogP contribution < -0.4 is 5.32 Å². The van der Waals surface area contributed by atoms with Gasteiger partial charge < -0.3 is 19.7 Å². The van der Waals surface area contributed by atoms with Crippen LogP contribution in [-0.4, -0.2) is 56.0 Å². The summed E-state index contributed by atoms with van der Waals surface area (Å²) in [7, 11) is 1.68. The minimum atomic E-state index is -0.202. The molecule has 2 amide bonds. The fourth-order valence-corrected chi connectivity index (χ4v) is 2.54. The van der Waals surface area contributed by atoms with Crippen molar-refractivity contribution in [3.8, 4) is 0 Å². The number of rotatable bonds is 5. The molecule has 0 aromatic rings. The lowest BCUT2D eigenvalue weighted by molar-refractivity contribution is -0.0876. The number of hydrogen-bond donors (Lipinski definition) is 1. The van der Waals surface area contributed by atoms with E-state index in [1.165, 1.54) is 12.8 Å². The average molecular weight is 270 g/mol. The zero-order valence-corrected chi connectivity index (χ0v) is 12.3. The molecule has 1 saturated heterocycles. The molecule has 1 heterocycles. The van der Waals surface area contributed by atoms with E-state index < -0.39 is 0 Å². The topological polar surface area (TPSA) is 50.8 Å². The molecule has 1 aliphatic carbocycles. The van der Waals surface area contributed by atoms with Crippen LogP contribution in [0.15, 0.2) is 0 Å². The molecule has 2 atom stereocenters. The Bertz CT molecular complexity index is 320. The fraction of sp³-hybridized carbons (Fsp3) is 0.929. The number of nitrogens with zero attached hydrogens (tertiary/aromatic N) is 1. The van der Waals surface area contributed by atoms with E-state index in [2.05, 4.69) is 19.2 Å². The number of urea groups is 1. The molecule has 1 N–H and O–H groups in total. The van der Waals surface area contributed by atoms with E-state index in [-0.39, 0.29) is 17.7 Å². The molecule has 0 unspecified atom stereocenters. The van der Waals surface area contributed by atoms with E-state index in [1.54, 1.807) is 7.11 Å². The van der Waals surface area contributed by atoms with Gasteiger partial charge in [-0.15, -0.1) is 0 Å². The Morgan fingerprint density at radius 2 is 2.32 bits per heavy atom. The largest absolute Gasteiger partial charge is 0.383 e. The number of carbonyl (C=O) groups excluding carboxylic acids is 1. The van der Waals surface area contributed by atoms with Crippen LogP contribution in [0, 0.1) is 5.92 Å². The van der Waals surface area contributed by atoms with Gasteiger partial charge in [0.2, 0.25) is 0 Å². The number of ether oxygens (including phenoxy) is 2. The molecular formula is C14H26N2O3. The smallest absolute Gasteiger partial charge is 0.317 e. The molecule has 2 fully saturated rings. The van der Waals surface area contributed by atoms with E-state index in [0.717, 1.165) is 6.42 Å². The van der Waals surface area contributed by atoms with Crippen molar-refractivity contribution in [1.29, 1.82) is 0 Å². The normalized spacial score (nSPS) is 29.1. The lowest BCUT2D eigenvalue weighted by atomic mass is 10.0. The minimum Gasteiger partial charge on any atom is -0.383 e. The maximum Gasteiger partial charge on any atom is 0.317 e. The third-order valence-electron chi connectivity index (χ3n) is 4.22. The molecule has 110 valence electrons. The summed E-state index contributed by atoms with van der Waals surface area (Å²) >= 11 is 0. The summed E-state index contributed by atoms with van der Waals surface area (Å²) < 4.78 is 11.0. The van der Waals surface area contributed by atoms with Gasteiger partial charge in [0.25, 0.3) is 0 Å². The maximum atomic E-state index is 12.3. The van der Waals surface area contributed by atoms with Gasteiger partial charge in [-0.2, -0.15) is 0 Å². The van der Waals surface area contributed by atoms with Crippen LogP contribution in [0.4, 0.5) is 4.79 Å². The Balaban J connectivity index is 1.87. The zero-order valence-electron chi connectivity index (χ0n) is 12.3. The third kappa shape index (κ3) is 3.83. The minimum absolute atomic E-state index is 0.0249. The Morgan fingerprint density at radius 1 is 1.58 bits per heavy atom. The second-order valence-corrected chi connectivity index (χ2v) is 5.92. The summed E-state index contributed by atoms with van der Waals surface area (Å²) in [6.45, 7) is 6.73. The van der Waals surface area contributed by atoms with Gasteiger partial charge in [0, 0.05) is 13.7 Å². The average Bonchev–Trinajstić information content (AvgIpc) is 3.22. The summed E-state index contributed by atoms with van der Waals surface area (Å²) in [5, 5.41) is 3.12. The SMILES string of the molecule is CC[C@]1(C)CN(C(=O)N[C@@H](COC)C2CC2)CCO1. The molecule has 5 nitrogen and oxygen atoms in total. The van der Waals surface area contributed by atoms with Crippen molar-refractivity contribution >= 4 is 6.03 Å². The summed E-state index contributed by atoms with van der Waals surface area (Å²) in [5.74, 6) is 0.600. The first-order chi connectivity index (χ1) is 9.08. The van der Waals surface area contributed by atoms with Gasteiger partial charge in [-0.25, -0.2) is 4.79 Å². The molecule has 0 aromatic carbocycles. The second-order valence-electron chi connectivity index (χ2n) is 5.92. The third-order valence-corrected chi connectivity index (χ3v) is 4.22. The number of nitrogens with one attached hydrogen (secondary N) is 1. The molecule has 1 aliphatic heterocycles. The predicted octanol–water partition coefficient (Wildman–Crippen LogP) is 1.62. The number of morpholine rings is 1. The highest BCUT2D eigenvalue weighted by molar-refractivity contribution is 5.74. The Kier molecular flexibility index (Phi) is 4.68. The molecule has 19 heavy (non-hydrogen) atoms. The van der Waals surface area contributed by atoms with E-state index >= 15 is 0 Å². The Hall–Kier alpha value is -0.810. The lowest BCUT2D eigenvalue weighted by Gasteiger charge is -2.40. The highest BCUT2D eigenvalue weighted by Gasteiger charge is 2.36. The molecular weight excluding hydrogens is 244 g/mol. The molecule has 0 spiro atoms. The molecule has 1 saturated carbocycles. The molecule has 0 bridgehead atoms. The van der Waals surface area contributed by atoms with Gasteiger partial charge in [-0.05, 0) is 32.1 Å². The fourth-order valence-electron chi connectivity index (χ4n) is 2.54. The lowest BCUT2D eigenvalue weighted by Crippen LogP contribution is -2.56. The highest BCUT2D eigenvalue weighted by Crippen LogP contribution is 2.33. The van der Waals surface area contributed by atoms with E-state index in [1.807, 2.05) is 4.90 Å². The molecule has 2 rings (SSSR count). The van der Waals surface area contributed by atoms with Crippen molar-refractivity contribution in [2.75, 3.05) is 33.4 Å². The first-order valence-corrected chi connectivity index (χ1v) is 7.26. The van der Waals surface area contributed by atoms with Crippen LogP contribution >= 0.6 is 0 Å². The summed E-state index contributed by atoms with van der Waals surface area (Å²) in [6.07, 6.45) is 3.31. The second kappa shape index (κ2) is 6.09. The van der Waals surface area contributed by atoms with Crippen LogP contribution in [0.25, 0.3) is 0 Å². The van der Waals surface area contributed by atoms with Gasteiger partial charge >= 0.3 is 6.03 Å². The molecule has 2 aliphatic rings. The van der Waals surface area contributed by atoms with Gasteiger partial charge in [-0.1, -0.05) is 6.92 Å². The van der Waals surface area contributed by atoms with E-state index in [0.29, 0.717) is 32.2 Å². The maximum absolute atomic E-state index is 12.3. The van der Waals surface area contributed by atoms with Gasteiger partial charge in [0.05, 0.1) is 31.4 Å². The van der Waals surface area contributed by atoms with Crippen molar-refractivity contribution < 1.29 is 14.3 Å². The Morgan fingerprint density at radius 3 is 2.89 bits per heavy atom. The van der Waals surface area contributed by atoms with Gasteiger partial charge in [-0.3, -0.25) is 0 Å². The molecule has 0 aromatic heterocycles. The highest BCUT2D eigenvalue weighted by atomic mass is 16.5. The molecule has 5 heteroatoms. The first kappa shape index (κ1) is 14.6. The summed E-state index contributed by atoms with van der Waals surface area (Å²) in [4.78, 5) is 14.2. The van der Waals surface area contributed by atoms with Crippen molar-refractivity contribution in [3.63, 3.8) is 0 Å². The number of amides is 2. The van der Waals surface area contributed by atoms with Crippen LogP contribution in [-0.2, 0) is 9.47 Å². The number of methoxy groups -OCH3 is 1. The van der Waals surface area contributed by atoms with Crippen LogP contribution in [0.5, 0.6) is 0 Å². The van der Waals surface area contributed by atoms with Gasteiger partial charge in [0.1, 0.15) is 0 Å². The molecule has 0 radical (unpaired) electrons. The van der Waals surface area contributed by atoms with Crippen molar-refractivity contribution in [3.05, 3.63) is 0 Å². The van der Waals surface area contributed by atoms with Crippen molar-refractivity contribution in [2.24, 2.45) is 5.92 Å². The van der Waals surface area contributed by atoms with Crippen LogP contribution in [0.2, 0.25) is 0 Å². The quantitative estimate of drug-likeness (QED) is 0.826. The number of hydrogen-bond acceptors (Lipinski definition) is 3. The monoisotopic (exact) mass is 270 g/mol. The first-order valence-electron chi connectivity index (χ1n) is 7.26. The zero-order chi connectivity index (χ0) is 13.9. The summed E-state index contributed by atoms with van der Waals surface area (Å²) in [6, 6.07) is 0.185. The number of carbonyl (C=O) groups is 1. The summed E-state index contributed by atoms with van der Waals surface area (Å²) in [5.41, 5.74) is -0.202. The van der Waals surface area contributed by atoms with Crippen LogP contribution in [0.3, 0.4) is 0 Å². The van der Waals surface area contributed by atoms with Gasteiger partial charge in [0.15, 0.2) is 0 Å². The van der Waals surface area contributed by atoms with Crippen molar-refractivity contribution in [1.82, 2.24) is 10.2 Å². The van der Waals surface area contributed by atoms with E-state index in [4.69, 9.17) is 9.47 Å². The van der Waals surface area contributed by atoms with Crippen LogP contribution in [0.1, 0.15) is 33.1 Å². The predicted molar refractivity (Wildman–Crippen MR) is 73.1 cm³/mol. The van der Waals surface area contributed by atoms with Crippen molar-refractivity contribution in [2.45, 2.75) is 44.8 Å².